The van der Waals surface area contributed by atoms with Crippen molar-refractivity contribution in [3.8, 4) is 5.75 Å². The van der Waals surface area contributed by atoms with Gasteiger partial charge in [0.25, 0.3) is 0 Å². The highest BCUT2D eigenvalue weighted by Gasteiger charge is 2.29. The Kier molecular flexibility index (Phi) is 8.36. The summed E-state index contributed by atoms with van der Waals surface area (Å²) >= 11 is 0. The second-order valence-electron chi connectivity index (χ2n) is 9.93. The number of carbonyl (C=O) groups excluding carboxylic acids is 2. The van der Waals surface area contributed by atoms with E-state index in [0.717, 1.165) is 5.56 Å². The summed E-state index contributed by atoms with van der Waals surface area (Å²) in [4.78, 5) is 25.0. The van der Waals surface area contributed by atoms with Crippen molar-refractivity contribution in [1.29, 1.82) is 0 Å². The Morgan fingerprint density at radius 3 is 1.88 bits per heavy atom. The molecule has 2 aromatic carbocycles. The van der Waals surface area contributed by atoms with Gasteiger partial charge in [0.2, 0.25) is 0 Å². The van der Waals surface area contributed by atoms with Crippen molar-refractivity contribution >= 4 is 22.2 Å². The first kappa shape index (κ1) is 27.2. The molecule has 1 amide bonds. The summed E-state index contributed by atoms with van der Waals surface area (Å²) in [6, 6.07) is 11.5. The van der Waals surface area contributed by atoms with Crippen LogP contribution in [0.25, 0.3) is 0 Å². The first-order valence-corrected chi connectivity index (χ1v) is 12.3. The molecule has 1 atom stereocenters. The number of alkyl carbamates (subject to hydrolysis) is 1. The van der Waals surface area contributed by atoms with E-state index >= 15 is 0 Å². The molecule has 0 aliphatic carbocycles. The van der Waals surface area contributed by atoms with Crippen LogP contribution < -0.4 is 9.50 Å². The highest BCUT2D eigenvalue weighted by molar-refractivity contribution is 7.87. The van der Waals surface area contributed by atoms with Gasteiger partial charge in [0.15, 0.2) is 0 Å². The van der Waals surface area contributed by atoms with Crippen LogP contribution in [0, 0.1) is 6.92 Å². The van der Waals surface area contributed by atoms with Crippen molar-refractivity contribution in [2.45, 2.75) is 77.0 Å². The van der Waals surface area contributed by atoms with Crippen LogP contribution >= 0.6 is 0 Å². The third kappa shape index (κ3) is 9.05. The molecule has 1 N–H and O–H groups in total. The molecule has 0 saturated carbocycles. The molecule has 0 bridgehead atoms. The molecule has 2 rings (SSSR count). The van der Waals surface area contributed by atoms with Crippen molar-refractivity contribution in [3.05, 3.63) is 59.7 Å². The Labute approximate surface area is 201 Å². The first-order valence-electron chi connectivity index (χ1n) is 10.9. The topological polar surface area (TPSA) is 108 Å². The maximum absolute atomic E-state index is 12.7. The van der Waals surface area contributed by atoms with E-state index in [2.05, 4.69) is 5.32 Å². The van der Waals surface area contributed by atoms with Gasteiger partial charge < -0.3 is 19.0 Å². The van der Waals surface area contributed by atoms with E-state index in [1.165, 1.54) is 24.3 Å². The maximum Gasteiger partial charge on any atom is 0.408 e. The van der Waals surface area contributed by atoms with Gasteiger partial charge in [0.05, 0.1) is 0 Å². The quantitative estimate of drug-likeness (QED) is 0.447. The van der Waals surface area contributed by atoms with Gasteiger partial charge in [0, 0.05) is 6.42 Å². The van der Waals surface area contributed by atoms with Crippen molar-refractivity contribution < 1.29 is 31.7 Å². The van der Waals surface area contributed by atoms with Crippen LogP contribution in [0.5, 0.6) is 5.75 Å². The zero-order chi connectivity index (χ0) is 25.7. The number of esters is 1. The lowest BCUT2D eigenvalue weighted by Gasteiger charge is -2.26. The molecule has 0 heterocycles. The highest BCUT2D eigenvalue weighted by atomic mass is 32.2. The molecule has 0 aliphatic heterocycles. The summed E-state index contributed by atoms with van der Waals surface area (Å²) in [6.07, 6.45) is -0.633. The van der Waals surface area contributed by atoms with Crippen LogP contribution in [0.15, 0.2) is 53.4 Å². The minimum atomic E-state index is -3.98. The van der Waals surface area contributed by atoms with Gasteiger partial charge in [0.1, 0.15) is 27.9 Å². The number of ether oxygens (including phenoxy) is 2. The molecule has 0 aliphatic rings. The number of benzene rings is 2. The predicted octanol–water partition coefficient (Wildman–Crippen LogP) is 4.54. The molecule has 9 heteroatoms. The van der Waals surface area contributed by atoms with Crippen LogP contribution in [-0.4, -0.2) is 37.7 Å². The average Bonchev–Trinajstić information content (AvgIpc) is 2.66. The Morgan fingerprint density at radius 2 is 1.38 bits per heavy atom. The lowest BCUT2D eigenvalue weighted by molar-refractivity contribution is -0.157. The van der Waals surface area contributed by atoms with Gasteiger partial charge in [-0.25, -0.2) is 9.59 Å². The van der Waals surface area contributed by atoms with Crippen LogP contribution in [-0.2, 0) is 30.8 Å². The molecule has 0 aromatic heterocycles. The number of carbonyl (C=O) groups is 2. The van der Waals surface area contributed by atoms with Gasteiger partial charge >= 0.3 is 22.2 Å². The van der Waals surface area contributed by atoms with Crippen LogP contribution in [0.4, 0.5) is 4.79 Å². The molecular formula is C25H33NO7S. The van der Waals surface area contributed by atoms with Gasteiger partial charge in [-0.3, -0.25) is 0 Å². The summed E-state index contributed by atoms with van der Waals surface area (Å²) in [5.74, 6) is -0.487. The number of nitrogens with one attached hydrogen (secondary N) is 1. The summed E-state index contributed by atoms with van der Waals surface area (Å²) in [6.45, 7) is 12.2. The maximum atomic E-state index is 12.7. The summed E-state index contributed by atoms with van der Waals surface area (Å²) in [7, 11) is -3.98. The van der Waals surface area contributed by atoms with Crippen LogP contribution in [0.3, 0.4) is 0 Å². The smallest absolute Gasteiger partial charge is 0.408 e. The number of amides is 1. The Bertz CT molecular complexity index is 1090. The lowest BCUT2D eigenvalue weighted by atomic mass is 10.1. The molecule has 0 unspecified atom stereocenters. The minimum Gasteiger partial charge on any atom is -0.458 e. The molecule has 186 valence electrons. The standard InChI is InChI=1S/C25H33NO7S/c1-17-8-14-20(15-9-17)34(29,30)33-19-12-10-18(11-13-19)16-21(22(27)31-24(2,3)4)26-23(28)32-25(5,6)7/h8-15,21H,16H2,1-7H3,(H,26,28)/t21-/m0/s1. The zero-order valence-electron chi connectivity index (χ0n) is 20.7. The van der Waals surface area contributed by atoms with Crippen LogP contribution in [0.1, 0.15) is 52.7 Å². The van der Waals surface area contributed by atoms with E-state index in [-0.39, 0.29) is 17.1 Å². The van der Waals surface area contributed by atoms with Crippen molar-refractivity contribution in [3.63, 3.8) is 0 Å². The number of aryl methyl sites for hydroxylation is 1. The predicted molar refractivity (Wildman–Crippen MR) is 128 cm³/mol. The third-order valence-electron chi connectivity index (χ3n) is 4.26. The fraction of sp³-hybridized carbons (Fsp3) is 0.440. The number of hydrogen-bond donors (Lipinski definition) is 1. The van der Waals surface area contributed by atoms with Gasteiger partial charge in [-0.1, -0.05) is 29.8 Å². The molecule has 0 saturated heterocycles. The Balaban J connectivity index is 2.15. The summed E-state index contributed by atoms with van der Waals surface area (Å²) < 4.78 is 40.9. The summed E-state index contributed by atoms with van der Waals surface area (Å²) in [5, 5.41) is 2.56. The minimum absolute atomic E-state index is 0.0497. The molecule has 0 radical (unpaired) electrons. The second kappa shape index (κ2) is 10.5. The monoisotopic (exact) mass is 491 g/mol. The fourth-order valence-electron chi connectivity index (χ4n) is 2.81. The van der Waals surface area contributed by atoms with Gasteiger partial charge in [-0.15, -0.1) is 0 Å². The SMILES string of the molecule is Cc1ccc(S(=O)(=O)Oc2ccc(C[C@H](NC(=O)OC(C)(C)C)C(=O)OC(C)(C)C)cc2)cc1. The molecule has 8 nitrogen and oxygen atoms in total. The molecule has 0 fully saturated rings. The van der Waals surface area contributed by atoms with E-state index in [1.807, 2.05) is 6.92 Å². The van der Waals surface area contributed by atoms with E-state index < -0.39 is 39.4 Å². The largest absolute Gasteiger partial charge is 0.458 e. The number of hydrogen-bond acceptors (Lipinski definition) is 7. The molecule has 0 spiro atoms. The zero-order valence-corrected chi connectivity index (χ0v) is 21.5. The average molecular weight is 492 g/mol. The lowest BCUT2D eigenvalue weighted by Crippen LogP contribution is -2.47. The highest BCUT2D eigenvalue weighted by Crippen LogP contribution is 2.21. The van der Waals surface area contributed by atoms with Crippen molar-refractivity contribution in [2.75, 3.05) is 0 Å². The molecular weight excluding hydrogens is 458 g/mol. The van der Waals surface area contributed by atoms with E-state index in [4.69, 9.17) is 13.7 Å². The van der Waals surface area contributed by atoms with Gasteiger partial charge in [-0.2, -0.15) is 8.42 Å². The molecule has 34 heavy (non-hydrogen) atoms. The van der Waals surface area contributed by atoms with E-state index in [9.17, 15) is 18.0 Å². The summed E-state index contributed by atoms with van der Waals surface area (Å²) in [5.41, 5.74) is 0.118. The fourth-order valence-corrected chi connectivity index (χ4v) is 3.74. The third-order valence-corrected chi connectivity index (χ3v) is 5.52. The Hall–Kier alpha value is -3.07. The number of rotatable bonds is 7. The van der Waals surface area contributed by atoms with E-state index in [1.54, 1.807) is 65.8 Å². The van der Waals surface area contributed by atoms with E-state index in [0.29, 0.717) is 5.56 Å². The van der Waals surface area contributed by atoms with Crippen LogP contribution in [0.2, 0.25) is 0 Å². The molecule has 2 aromatic rings. The van der Waals surface area contributed by atoms with Crippen molar-refractivity contribution in [2.24, 2.45) is 0 Å². The van der Waals surface area contributed by atoms with Gasteiger partial charge in [-0.05, 0) is 78.3 Å². The normalized spacial score (nSPS) is 13.0. The Morgan fingerprint density at radius 1 is 0.853 bits per heavy atom. The second-order valence-corrected chi connectivity index (χ2v) is 11.5. The van der Waals surface area contributed by atoms with Crippen molar-refractivity contribution in [1.82, 2.24) is 5.32 Å². The first-order chi connectivity index (χ1) is 15.5.